The van der Waals surface area contributed by atoms with Crippen molar-refractivity contribution < 1.29 is 14.3 Å². The molecule has 1 heterocycles. The Morgan fingerprint density at radius 1 is 1.11 bits per heavy atom. The summed E-state index contributed by atoms with van der Waals surface area (Å²) in [6, 6.07) is 15.3. The van der Waals surface area contributed by atoms with E-state index < -0.39 is 0 Å². The predicted octanol–water partition coefficient (Wildman–Crippen LogP) is 3.04. The maximum atomic E-state index is 12.5. The number of rotatable bonds is 8. The van der Waals surface area contributed by atoms with Gasteiger partial charge in [0, 0.05) is 19.7 Å². The molecule has 0 bridgehead atoms. The molecule has 0 aliphatic rings. The molecule has 0 fully saturated rings. The molecule has 7 nitrogen and oxygen atoms in total. The molecule has 0 aliphatic carbocycles. The first kappa shape index (κ1) is 19.8. The van der Waals surface area contributed by atoms with Crippen LogP contribution in [0.25, 0.3) is 5.69 Å². The summed E-state index contributed by atoms with van der Waals surface area (Å²) in [7, 11) is 5.04. The van der Waals surface area contributed by atoms with Gasteiger partial charge in [-0.3, -0.25) is 9.36 Å². The van der Waals surface area contributed by atoms with Crippen LogP contribution in [0.3, 0.4) is 0 Å². The molecule has 0 N–H and O–H groups in total. The van der Waals surface area contributed by atoms with Crippen LogP contribution in [0.4, 0.5) is 0 Å². The zero-order valence-corrected chi connectivity index (χ0v) is 16.8. The van der Waals surface area contributed by atoms with Crippen molar-refractivity contribution in [2.75, 3.05) is 27.0 Å². The van der Waals surface area contributed by atoms with E-state index in [0.717, 1.165) is 22.7 Å². The highest BCUT2D eigenvalue weighted by atomic mass is 32.2. The Morgan fingerprint density at radius 3 is 2.57 bits per heavy atom. The van der Waals surface area contributed by atoms with E-state index in [4.69, 9.17) is 9.47 Å². The van der Waals surface area contributed by atoms with Crippen molar-refractivity contribution in [2.24, 2.45) is 0 Å². The molecule has 1 aromatic heterocycles. The molecule has 8 heteroatoms. The monoisotopic (exact) mass is 398 g/mol. The number of nitrogens with zero attached hydrogens (tertiary/aromatic N) is 4. The lowest BCUT2D eigenvalue weighted by atomic mass is 10.2. The summed E-state index contributed by atoms with van der Waals surface area (Å²) in [6.45, 7) is 0.513. The maximum absolute atomic E-state index is 12.5. The number of hydrogen-bond donors (Lipinski definition) is 0. The van der Waals surface area contributed by atoms with Crippen LogP contribution >= 0.6 is 11.8 Å². The van der Waals surface area contributed by atoms with Gasteiger partial charge in [0.05, 0.1) is 25.7 Å². The number of thioether (sulfide) groups is 1. The van der Waals surface area contributed by atoms with Crippen molar-refractivity contribution in [3.8, 4) is 17.2 Å². The molecular weight excluding hydrogens is 376 g/mol. The number of carbonyl (C=O) groups is 1. The van der Waals surface area contributed by atoms with Gasteiger partial charge in [0.1, 0.15) is 17.8 Å². The molecule has 0 atom stereocenters. The molecule has 0 aliphatic heterocycles. The summed E-state index contributed by atoms with van der Waals surface area (Å²) in [5, 5.41) is 8.76. The second-order valence-electron chi connectivity index (χ2n) is 6.08. The van der Waals surface area contributed by atoms with Crippen molar-refractivity contribution in [1.82, 2.24) is 19.7 Å². The fraction of sp³-hybridized carbons (Fsp3) is 0.250. The summed E-state index contributed by atoms with van der Waals surface area (Å²) < 4.78 is 12.3. The van der Waals surface area contributed by atoms with E-state index in [1.165, 1.54) is 11.8 Å². The van der Waals surface area contributed by atoms with Crippen molar-refractivity contribution in [3.05, 3.63) is 60.4 Å². The van der Waals surface area contributed by atoms with Gasteiger partial charge in [-0.2, -0.15) is 0 Å². The van der Waals surface area contributed by atoms with Gasteiger partial charge in [-0.05, 0) is 29.8 Å². The van der Waals surface area contributed by atoms with E-state index in [1.807, 2.05) is 53.1 Å². The van der Waals surface area contributed by atoms with Crippen LogP contribution in [0.2, 0.25) is 0 Å². The number of hydrogen-bond acceptors (Lipinski definition) is 6. The van der Waals surface area contributed by atoms with E-state index in [0.29, 0.717) is 11.7 Å². The first-order valence-electron chi connectivity index (χ1n) is 8.65. The third kappa shape index (κ3) is 4.83. The van der Waals surface area contributed by atoms with Crippen molar-refractivity contribution in [3.63, 3.8) is 0 Å². The maximum Gasteiger partial charge on any atom is 0.233 e. The highest BCUT2D eigenvalue weighted by molar-refractivity contribution is 7.99. The SMILES string of the molecule is COc1cccc(CN(C)C(=O)CSc2nncn2-c2cccc(OC)c2)c1. The van der Waals surface area contributed by atoms with Gasteiger partial charge in [-0.1, -0.05) is 30.0 Å². The predicted molar refractivity (Wildman–Crippen MR) is 108 cm³/mol. The Morgan fingerprint density at radius 2 is 1.82 bits per heavy atom. The molecule has 2 aromatic carbocycles. The number of ether oxygens (including phenoxy) is 2. The zero-order chi connectivity index (χ0) is 19.9. The number of carbonyl (C=O) groups excluding carboxylic acids is 1. The molecule has 0 radical (unpaired) electrons. The fourth-order valence-corrected chi connectivity index (χ4v) is 3.50. The summed E-state index contributed by atoms with van der Waals surface area (Å²) >= 11 is 1.35. The normalized spacial score (nSPS) is 10.5. The molecule has 146 valence electrons. The Balaban J connectivity index is 1.62. The molecule has 3 aromatic rings. The van der Waals surface area contributed by atoms with Gasteiger partial charge in [0.25, 0.3) is 0 Å². The number of methoxy groups -OCH3 is 2. The molecule has 1 amide bonds. The van der Waals surface area contributed by atoms with Crippen LogP contribution < -0.4 is 9.47 Å². The molecule has 28 heavy (non-hydrogen) atoms. The summed E-state index contributed by atoms with van der Waals surface area (Å²) in [5.74, 6) is 1.80. The minimum absolute atomic E-state index is 0.00742. The van der Waals surface area contributed by atoms with Gasteiger partial charge in [0.15, 0.2) is 5.16 Å². The van der Waals surface area contributed by atoms with Crippen molar-refractivity contribution in [2.45, 2.75) is 11.7 Å². The van der Waals surface area contributed by atoms with Crippen molar-refractivity contribution >= 4 is 17.7 Å². The van der Waals surface area contributed by atoms with E-state index >= 15 is 0 Å². The average Bonchev–Trinajstić information content (AvgIpc) is 3.20. The fourth-order valence-electron chi connectivity index (χ4n) is 2.63. The summed E-state index contributed by atoms with van der Waals surface area (Å²) in [5.41, 5.74) is 1.89. The number of amides is 1. The molecule has 0 saturated carbocycles. The zero-order valence-electron chi connectivity index (χ0n) is 16.0. The Bertz CT molecular complexity index is 944. The van der Waals surface area contributed by atoms with Crippen LogP contribution in [0.15, 0.2) is 60.0 Å². The summed E-state index contributed by atoms with van der Waals surface area (Å²) in [6.07, 6.45) is 1.63. The lowest BCUT2D eigenvalue weighted by Gasteiger charge is -2.17. The standard InChI is InChI=1S/C20H22N4O3S/c1-23(12-15-6-4-8-17(10-15)26-2)19(25)13-28-20-22-21-14-24(20)16-7-5-9-18(11-16)27-3/h4-11,14H,12-13H2,1-3H3. The lowest BCUT2D eigenvalue weighted by molar-refractivity contribution is -0.127. The first-order valence-corrected chi connectivity index (χ1v) is 9.63. The van der Waals surface area contributed by atoms with Crippen molar-refractivity contribution in [1.29, 1.82) is 0 Å². The second kappa shape index (κ2) is 9.27. The van der Waals surface area contributed by atoms with Gasteiger partial charge >= 0.3 is 0 Å². The average molecular weight is 398 g/mol. The molecule has 0 unspecified atom stereocenters. The van der Waals surface area contributed by atoms with Gasteiger partial charge in [-0.25, -0.2) is 0 Å². The van der Waals surface area contributed by atoms with Gasteiger partial charge < -0.3 is 14.4 Å². The first-order chi connectivity index (χ1) is 13.6. The highest BCUT2D eigenvalue weighted by Crippen LogP contribution is 2.23. The van der Waals surface area contributed by atoms with Crippen LogP contribution in [0.5, 0.6) is 11.5 Å². The van der Waals surface area contributed by atoms with E-state index in [9.17, 15) is 4.79 Å². The smallest absolute Gasteiger partial charge is 0.233 e. The Labute approximate surface area is 168 Å². The van der Waals surface area contributed by atoms with E-state index in [2.05, 4.69) is 10.2 Å². The van der Waals surface area contributed by atoms with Crippen LogP contribution in [0.1, 0.15) is 5.56 Å². The lowest BCUT2D eigenvalue weighted by Crippen LogP contribution is -2.27. The molecular formula is C20H22N4O3S. The Kier molecular flexibility index (Phi) is 6.54. The Hall–Kier alpha value is -3.00. The van der Waals surface area contributed by atoms with E-state index in [-0.39, 0.29) is 11.7 Å². The summed E-state index contributed by atoms with van der Waals surface area (Å²) in [4.78, 5) is 14.2. The topological polar surface area (TPSA) is 69.5 Å². The van der Waals surface area contributed by atoms with E-state index in [1.54, 1.807) is 32.5 Å². The van der Waals surface area contributed by atoms with Gasteiger partial charge in [0.2, 0.25) is 5.91 Å². The molecule has 0 saturated heterocycles. The highest BCUT2D eigenvalue weighted by Gasteiger charge is 2.14. The second-order valence-corrected chi connectivity index (χ2v) is 7.02. The van der Waals surface area contributed by atoms with Crippen LogP contribution in [0, 0.1) is 0 Å². The molecule has 0 spiro atoms. The third-order valence-corrected chi connectivity index (χ3v) is 5.08. The van der Waals surface area contributed by atoms with Gasteiger partial charge in [-0.15, -0.1) is 10.2 Å². The largest absolute Gasteiger partial charge is 0.497 e. The number of benzene rings is 2. The molecule has 3 rings (SSSR count). The number of aromatic nitrogens is 3. The van der Waals surface area contributed by atoms with Crippen LogP contribution in [-0.2, 0) is 11.3 Å². The van der Waals surface area contributed by atoms with Crippen LogP contribution in [-0.4, -0.2) is 52.6 Å². The third-order valence-electron chi connectivity index (χ3n) is 4.15. The minimum atomic E-state index is 0.00742. The minimum Gasteiger partial charge on any atom is -0.497 e. The quantitative estimate of drug-likeness (QED) is 0.543.